The van der Waals surface area contributed by atoms with Crippen LogP contribution in [-0.4, -0.2) is 36.3 Å². The maximum absolute atomic E-state index is 5.85. The van der Waals surface area contributed by atoms with E-state index in [1.54, 1.807) is 14.2 Å². The Morgan fingerprint density at radius 1 is 1.32 bits per heavy atom. The molecule has 0 saturated heterocycles. The van der Waals surface area contributed by atoms with E-state index < -0.39 is 0 Å². The first-order valence-electron chi connectivity index (χ1n) is 6.38. The molecule has 0 saturated carbocycles. The standard InChI is InChI=1S/C14H19ClN2O2/c1-18-9-3-8-17-13-5-4-11(19-2)10-12(13)16-14(17)6-7-15/h4-5,10H,3,6-9H2,1-2H3. The predicted octanol–water partition coefficient (Wildman–Crippen LogP) is 2.86. The van der Waals surface area contributed by atoms with E-state index in [-0.39, 0.29) is 0 Å². The molecule has 0 aliphatic heterocycles. The number of methoxy groups -OCH3 is 2. The second-order valence-corrected chi connectivity index (χ2v) is 4.70. The Morgan fingerprint density at radius 3 is 2.84 bits per heavy atom. The molecule has 4 nitrogen and oxygen atoms in total. The summed E-state index contributed by atoms with van der Waals surface area (Å²) in [5.74, 6) is 2.42. The first kappa shape index (κ1) is 14.2. The number of nitrogens with zero attached hydrogens (tertiary/aromatic N) is 2. The van der Waals surface area contributed by atoms with Crippen molar-refractivity contribution in [2.45, 2.75) is 19.4 Å². The van der Waals surface area contributed by atoms with E-state index in [2.05, 4.69) is 9.55 Å². The lowest BCUT2D eigenvalue weighted by molar-refractivity contribution is 0.190. The summed E-state index contributed by atoms with van der Waals surface area (Å²) < 4.78 is 12.6. The van der Waals surface area contributed by atoms with E-state index in [1.807, 2.05) is 18.2 Å². The van der Waals surface area contributed by atoms with Crippen molar-refractivity contribution in [1.82, 2.24) is 9.55 Å². The van der Waals surface area contributed by atoms with Gasteiger partial charge in [0.05, 0.1) is 18.1 Å². The molecule has 1 aromatic carbocycles. The highest BCUT2D eigenvalue weighted by molar-refractivity contribution is 6.17. The van der Waals surface area contributed by atoms with Gasteiger partial charge in [0.15, 0.2) is 0 Å². The van der Waals surface area contributed by atoms with Gasteiger partial charge in [-0.05, 0) is 18.6 Å². The van der Waals surface area contributed by atoms with E-state index in [0.717, 1.165) is 48.6 Å². The minimum Gasteiger partial charge on any atom is -0.497 e. The van der Waals surface area contributed by atoms with Crippen LogP contribution in [0.1, 0.15) is 12.2 Å². The first-order valence-corrected chi connectivity index (χ1v) is 6.91. The number of alkyl halides is 1. The van der Waals surface area contributed by atoms with Crippen molar-refractivity contribution in [1.29, 1.82) is 0 Å². The van der Waals surface area contributed by atoms with E-state index in [9.17, 15) is 0 Å². The third-order valence-electron chi connectivity index (χ3n) is 3.08. The smallest absolute Gasteiger partial charge is 0.121 e. The third kappa shape index (κ3) is 3.19. The molecule has 0 amide bonds. The maximum Gasteiger partial charge on any atom is 0.121 e. The van der Waals surface area contributed by atoms with Crippen LogP contribution >= 0.6 is 11.6 Å². The van der Waals surface area contributed by atoms with Gasteiger partial charge in [-0.2, -0.15) is 0 Å². The fourth-order valence-electron chi connectivity index (χ4n) is 2.18. The second kappa shape index (κ2) is 6.78. The number of aryl methyl sites for hydroxylation is 2. The van der Waals surface area contributed by atoms with Crippen molar-refractivity contribution in [2.24, 2.45) is 0 Å². The molecule has 2 aromatic rings. The first-order chi connectivity index (χ1) is 9.30. The number of rotatable bonds is 7. The van der Waals surface area contributed by atoms with Gasteiger partial charge in [0.25, 0.3) is 0 Å². The SMILES string of the molecule is COCCCn1c(CCCl)nc2cc(OC)ccc21. The molecule has 0 N–H and O–H groups in total. The molecule has 0 aliphatic rings. The van der Waals surface area contributed by atoms with Crippen LogP contribution in [0, 0.1) is 0 Å². The molecule has 0 radical (unpaired) electrons. The summed E-state index contributed by atoms with van der Waals surface area (Å²) in [7, 11) is 3.38. The summed E-state index contributed by atoms with van der Waals surface area (Å²) in [6.45, 7) is 1.64. The minimum absolute atomic E-state index is 0.574. The zero-order valence-electron chi connectivity index (χ0n) is 11.4. The molecule has 0 aliphatic carbocycles. The lowest BCUT2D eigenvalue weighted by Gasteiger charge is -2.08. The van der Waals surface area contributed by atoms with E-state index >= 15 is 0 Å². The van der Waals surface area contributed by atoms with Crippen LogP contribution in [-0.2, 0) is 17.7 Å². The van der Waals surface area contributed by atoms with Crippen LogP contribution in [0.15, 0.2) is 18.2 Å². The molecule has 2 rings (SSSR count). The molecule has 0 unspecified atom stereocenters. The Kier molecular flexibility index (Phi) is 5.05. The molecule has 0 spiro atoms. The summed E-state index contributed by atoms with van der Waals surface area (Å²) in [6.07, 6.45) is 1.73. The number of hydrogen-bond acceptors (Lipinski definition) is 3. The molecule has 1 aromatic heterocycles. The lowest BCUT2D eigenvalue weighted by Crippen LogP contribution is -2.06. The van der Waals surface area contributed by atoms with Gasteiger partial charge >= 0.3 is 0 Å². The van der Waals surface area contributed by atoms with Gasteiger partial charge in [-0.1, -0.05) is 0 Å². The highest BCUT2D eigenvalue weighted by Crippen LogP contribution is 2.22. The average molecular weight is 283 g/mol. The highest BCUT2D eigenvalue weighted by Gasteiger charge is 2.10. The number of benzene rings is 1. The van der Waals surface area contributed by atoms with E-state index in [1.165, 1.54) is 0 Å². The monoisotopic (exact) mass is 282 g/mol. The molecule has 1 heterocycles. The molecule has 0 fully saturated rings. The van der Waals surface area contributed by atoms with Gasteiger partial charge in [0.2, 0.25) is 0 Å². The van der Waals surface area contributed by atoms with Crippen LogP contribution in [0.3, 0.4) is 0 Å². The topological polar surface area (TPSA) is 36.3 Å². The van der Waals surface area contributed by atoms with Gasteiger partial charge in [-0.15, -0.1) is 11.6 Å². The fourth-order valence-corrected chi connectivity index (χ4v) is 2.35. The quantitative estimate of drug-likeness (QED) is 0.579. The number of hydrogen-bond donors (Lipinski definition) is 0. The molecule has 19 heavy (non-hydrogen) atoms. The van der Waals surface area contributed by atoms with Crippen molar-refractivity contribution in [2.75, 3.05) is 26.7 Å². The highest BCUT2D eigenvalue weighted by atomic mass is 35.5. The van der Waals surface area contributed by atoms with Gasteiger partial charge in [-0.3, -0.25) is 0 Å². The molecule has 0 bridgehead atoms. The zero-order valence-corrected chi connectivity index (χ0v) is 12.1. The van der Waals surface area contributed by atoms with Crippen molar-refractivity contribution < 1.29 is 9.47 Å². The van der Waals surface area contributed by atoms with Crippen molar-refractivity contribution in [3.63, 3.8) is 0 Å². The summed E-state index contributed by atoms with van der Waals surface area (Å²) in [5.41, 5.74) is 2.08. The maximum atomic E-state index is 5.85. The predicted molar refractivity (Wildman–Crippen MR) is 77.2 cm³/mol. The van der Waals surface area contributed by atoms with Gasteiger partial charge in [0.1, 0.15) is 11.6 Å². The van der Waals surface area contributed by atoms with E-state index in [4.69, 9.17) is 21.1 Å². The van der Waals surface area contributed by atoms with Crippen molar-refractivity contribution >= 4 is 22.6 Å². The van der Waals surface area contributed by atoms with Crippen LogP contribution in [0.2, 0.25) is 0 Å². The van der Waals surface area contributed by atoms with Gasteiger partial charge in [0, 0.05) is 38.6 Å². The van der Waals surface area contributed by atoms with Crippen LogP contribution in [0.25, 0.3) is 11.0 Å². The van der Waals surface area contributed by atoms with E-state index in [0.29, 0.717) is 5.88 Å². The number of fused-ring (bicyclic) bond motifs is 1. The van der Waals surface area contributed by atoms with Crippen molar-refractivity contribution in [3.05, 3.63) is 24.0 Å². The normalized spacial score (nSPS) is 11.1. The Bertz CT molecular complexity index is 539. The minimum atomic E-state index is 0.574. The lowest BCUT2D eigenvalue weighted by atomic mass is 10.3. The molecule has 104 valence electrons. The summed E-state index contributed by atoms with van der Waals surface area (Å²) in [6, 6.07) is 5.97. The number of ether oxygens (including phenoxy) is 2. The fraction of sp³-hybridized carbons (Fsp3) is 0.500. The van der Waals surface area contributed by atoms with Crippen LogP contribution < -0.4 is 4.74 Å². The Labute approximate surface area is 118 Å². The third-order valence-corrected chi connectivity index (χ3v) is 3.27. The Balaban J connectivity index is 2.35. The second-order valence-electron chi connectivity index (χ2n) is 4.32. The molecule has 0 atom stereocenters. The summed E-state index contributed by atoms with van der Waals surface area (Å²) >= 11 is 5.85. The molecule has 5 heteroatoms. The van der Waals surface area contributed by atoms with Gasteiger partial charge in [-0.25, -0.2) is 4.98 Å². The van der Waals surface area contributed by atoms with Crippen LogP contribution in [0.4, 0.5) is 0 Å². The largest absolute Gasteiger partial charge is 0.497 e. The zero-order chi connectivity index (χ0) is 13.7. The summed E-state index contributed by atoms with van der Waals surface area (Å²) in [5, 5.41) is 0. The summed E-state index contributed by atoms with van der Waals surface area (Å²) in [4.78, 5) is 4.65. The number of halogens is 1. The van der Waals surface area contributed by atoms with Gasteiger partial charge < -0.3 is 14.0 Å². The number of aromatic nitrogens is 2. The van der Waals surface area contributed by atoms with Crippen LogP contribution in [0.5, 0.6) is 5.75 Å². The Morgan fingerprint density at radius 2 is 2.16 bits per heavy atom. The molecular formula is C14H19ClN2O2. The van der Waals surface area contributed by atoms with Crippen molar-refractivity contribution in [3.8, 4) is 5.75 Å². The number of imidazole rings is 1. The Hall–Kier alpha value is -1.26. The average Bonchev–Trinajstić information content (AvgIpc) is 2.76. The molecular weight excluding hydrogens is 264 g/mol.